The number of nitrogens with zero attached hydrogens (tertiary/aromatic N) is 2. The average Bonchev–Trinajstić information content (AvgIpc) is 2.94. The zero-order valence-electron chi connectivity index (χ0n) is 16.1. The van der Waals surface area contributed by atoms with Gasteiger partial charge in [0.15, 0.2) is 6.54 Å². The third-order valence-corrected chi connectivity index (χ3v) is 5.40. The highest BCUT2D eigenvalue weighted by molar-refractivity contribution is 6.42. The Morgan fingerprint density at radius 1 is 1.11 bits per heavy atom. The topological polar surface area (TPSA) is 51.4 Å². The van der Waals surface area contributed by atoms with Crippen molar-refractivity contribution in [1.82, 2.24) is 9.78 Å². The summed E-state index contributed by atoms with van der Waals surface area (Å²) >= 11 is 12.3. The van der Waals surface area contributed by atoms with Crippen LogP contribution < -0.4 is 10.2 Å². The lowest BCUT2D eigenvalue weighted by atomic mass is 10.2. The molecule has 1 amide bonds. The van der Waals surface area contributed by atoms with Gasteiger partial charge in [0, 0.05) is 5.56 Å². The highest BCUT2D eigenvalue weighted by Gasteiger charge is 2.18. The quantitative estimate of drug-likeness (QED) is 0.645. The Morgan fingerprint density at radius 3 is 2.54 bits per heavy atom. The molecule has 0 bridgehead atoms. The number of nitrogens with one attached hydrogen (secondary N) is 2. The van der Waals surface area contributed by atoms with E-state index in [1.165, 1.54) is 0 Å². The molecule has 1 atom stereocenters. The van der Waals surface area contributed by atoms with Crippen LogP contribution in [0.4, 0.5) is 5.69 Å². The summed E-state index contributed by atoms with van der Waals surface area (Å²) in [5, 5.41) is 8.64. The van der Waals surface area contributed by atoms with E-state index in [-0.39, 0.29) is 5.91 Å². The van der Waals surface area contributed by atoms with E-state index >= 15 is 0 Å². The number of benzene rings is 2. The van der Waals surface area contributed by atoms with Gasteiger partial charge in [-0.2, -0.15) is 5.10 Å². The summed E-state index contributed by atoms with van der Waals surface area (Å²) in [4.78, 5) is 13.6. The molecule has 28 heavy (non-hydrogen) atoms. The Morgan fingerprint density at radius 2 is 1.82 bits per heavy atom. The van der Waals surface area contributed by atoms with E-state index in [4.69, 9.17) is 23.2 Å². The maximum absolute atomic E-state index is 12.6. The van der Waals surface area contributed by atoms with Crippen molar-refractivity contribution in [3.05, 3.63) is 75.5 Å². The smallest absolute Gasteiger partial charge is 0.279 e. The van der Waals surface area contributed by atoms with Crippen LogP contribution in [0.15, 0.2) is 48.5 Å². The summed E-state index contributed by atoms with van der Waals surface area (Å²) in [7, 11) is 1.95. The van der Waals surface area contributed by atoms with Crippen molar-refractivity contribution >= 4 is 34.8 Å². The predicted octanol–water partition coefficient (Wildman–Crippen LogP) is 3.45. The molecule has 7 heteroatoms. The second kappa shape index (κ2) is 8.78. The van der Waals surface area contributed by atoms with Crippen molar-refractivity contribution in [2.24, 2.45) is 0 Å². The van der Waals surface area contributed by atoms with E-state index in [0.29, 0.717) is 23.1 Å². The Balaban J connectivity index is 1.68. The van der Waals surface area contributed by atoms with E-state index in [2.05, 4.69) is 10.4 Å². The summed E-state index contributed by atoms with van der Waals surface area (Å²) in [5.41, 5.74) is 4.31. The standard InChI is InChI=1S/C21H22Cl2N4O/c1-14-21(15(2)27(25-14)17-9-5-4-6-10-17)24-19(28)13-26(3)12-16-8-7-11-18(22)20(16)23/h4-11H,12-13H2,1-3H3,(H,24,28)/p+1. The van der Waals surface area contributed by atoms with Crippen LogP contribution in [0.3, 0.4) is 0 Å². The summed E-state index contributed by atoms with van der Waals surface area (Å²) < 4.78 is 1.84. The Labute approximate surface area is 174 Å². The predicted molar refractivity (Wildman–Crippen MR) is 114 cm³/mol. The molecular weight excluding hydrogens is 395 g/mol. The highest BCUT2D eigenvalue weighted by Crippen LogP contribution is 2.25. The van der Waals surface area contributed by atoms with Gasteiger partial charge in [0.2, 0.25) is 0 Å². The molecule has 0 fully saturated rings. The Kier molecular flexibility index (Phi) is 6.39. The number of para-hydroxylation sites is 1. The van der Waals surface area contributed by atoms with Gasteiger partial charge >= 0.3 is 0 Å². The molecule has 3 aromatic rings. The lowest BCUT2D eigenvalue weighted by Crippen LogP contribution is -3.08. The van der Waals surface area contributed by atoms with Crippen molar-refractivity contribution < 1.29 is 9.69 Å². The van der Waals surface area contributed by atoms with Crippen LogP contribution in [0, 0.1) is 13.8 Å². The zero-order chi connectivity index (χ0) is 20.3. The van der Waals surface area contributed by atoms with Gasteiger partial charge in [0.1, 0.15) is 6.54 Å². The van der Waals surface area contributed by atoms with E-state index in [1.54, 1.807) is 6.07 Å². The molecule has 0 aliphatic heterocycles. The molecule has 0 radical (unpaired) electrons. The van der Waals surface area contributed by atoms with Crippen LogP contribution in [0.25, 0.3) is 5.69 Å². The number of hydrogen-bond donors (Lipinski definition) is 2. The number of aromatic nitrogens is 2. The number of carbonyl (C=O) groups is 1. The van der Waals surface area contributed by atoms with Gasteiger partial charge in [-0.1, -0.05) is 53.5 Å². The number of hydrogen-bond acceptors (Lipinski definition) is 2. The van der Waals surface area contributed by atoms with Crippen LogP contribution in [-0.4, -0.2) is 29.3 Å². The first-order valence-electron chi connectivity index (χ1n) is 9.02. The van der Waals surface area contributed by atoms with Crippen LogP contribution in [-0.2, 0) is 11.3 Å². The maximum atomic E-state index is 12.6. The first-order valence-corrected chi connectivity index (χ1v) is 9.78. The van der Waals surface area contributed by atoms with Gasteiger partial charge in [-0.05, 0) is 32.0 Å². The van der Waals surface area contributed by atoms with E-state index in [9.17, 15) is 4.79 Å². The van der Waals surface area contributed by atoms with Crippen LogP contribution in [0.5, 0.6) is 0 Å². The lowest BCUT2D eigenvalue weighted by Gasteiger charge is -2.15. The molecule has 3 rings (SSSR count). The van der Waals surface area contributed by atoms with E-state index in [0.717, 1.165) is 33.2 Å². The largest absolute Gasteiger partial charge is 0.326 e. The average molecular weight is 418 g/mol. The molecule has 2 N–H and O–H groups in total. The fraction of sp³-hybridized carbons (Fsp3) is 0.238. The van der Waals surface area contributed by atoms with E-state index in [1.807, 2.05) is 68.0 Å². The lowest BCUT2D eigenvalue weighted by molar-refractivity contribution is -0.885. The number of amides is 1. The fourth-order valence-electron chi connectivity index (χ4n) is 3.17. The molecule has 1 heterocycles. The molecule has 0 saturated heterocycles. The number of rotatable bonds is 6. The zero-order valence-corrected chi connectivity index (χ0v) is 17.6. The minimum absolute atomic E-state index is 0.0746. The van der Waals surface area contributed by atoms with Crippen molar-refractivity contribution in [2.45, 2.75) is 20.4 Å². The van der Waals surface area contributed by atoms with Crippen molar-refractivity contribution in [3.8, 4) is 5.69 Å². The fourth-order valence-corrected chi connectivity index (χ4v) is 3.56. The third kappa shape index (κ3) is 4.55. The van der Waals surface area contributed by atoms with Gasteiger partial charge in [-0.15, -0.1) is 0 Å². The number of anilines is 1. The normalized spacial score (nSPS) is 12.0. The second-order valence-electron chi connectivity index (χ2n) is 6.86. The van der Waals surface area contributed by atoms with Crippen molar-refractivity contribution in [2.75, 3.05) is 18.9 Å². The van der Waals surface area contributed by atoms with Gasteiger partial charge in [-0.25, -0.2) is 4.68 Å². The molecule has 0 aliphatic carbocycles. The third-order valence-electron chi connectivity index (χ3n) is 4.54. The molecule has 0 saturated carbocycles. The number of halogens is 2. The molecule has 5 nitrogen and oxygen atoms in total. The first-order chi connectivity index (χ1) is 13.4. The summed E-state index contributed by atoms with van der Waals surface area (Å²) in [5.74, 6) is -0.0746. The number of likely N-dealkylation sites (N-methyl/N-ethyl adjacent to an activating group) is 1. The van der Waals surface area contributed by atoms with Crippen molar-refractivity contribution in [3.63, 3.8) is 0 Å². The SMILES string of the molecule is Cc1nn(-c2ccccc2)c(C)c1NC(=O)C[NH+](C)Cc1cccc(Cl)c1Cl. The van der Waals surface area contributed by atoms with Gasteiger partial charge < -0.3 is 10.2 Å². The molecule has 146 valence electrons. The molecule has 0 spiro atoms. The molecule has 1 unspecified atom stereocenters. The highest BCUT2D eigenvalue weighted by atomic mass is 35.5. The van der Waals surface area contributed by atoms with Gasteiger partial charge in [0.25, 0.3) is 5.91 Å². The minimum atomic E-state index is -0.0746. The number of quaternary nitrogens is 1. The van der Waals surface area contributed by atoms with Crippen LogP contribution >= 0.6 is 23.2 Å². The Bertz CT molecular complexity index is 986. The van der Waals surface area contributed by atoms with E-state index < -0.39 is 0 Å². The minimum Gasteiger partial charge on any atom is -0.326 e. The number of carbonyl (C=O) groups excluding carboxylic acids is 1. The second-order valence-corrected chi connectivity index (χ2v) is 7.65. The van der Waals surface area contributed by atoms with Crippen LogP contribution in [0.1, 0.15) is 17.0 Å². The van der Waals surface area contributed by atoms with Gasteiger partial charge in [-0.3, -0.25) is 4.79 Å². The summed E-state index contributed by atoms with van der Waals surface area (Å²) in [6.07, 6.45) is 0. The summed E-state index contributed by atoms with van der Waals surface area (Å²) in [6, 6.07) is 15.4. The molecular formula is C21H23Cl2N4O+. The monoisotopic (exact) mass is 417 g/mol. The maximum Gasteiger partial charge on any atom is 0.279 e. The summed E-state index contributed by atoms with van der Waals surface area (Å²) in [6.45, 7) is 4.75. The first kappa shape index (κ1) is 20.4. The molecule has 0 aliphatic rings. The van der Waals surface area contributed by atoms with Crippen molar-refractivity contribution in [1.29, 1.82) is 0 Å². The Hall–Kier alpha value is -2.34. The molecule has 1 aromatic heterocycles. The molecule has 2 aromatic carbocycles. The van der Waals surface area contributed by atoms with Crippen LogP contribution in [0.2, 0.25) is 10.0 Å². The van der Waals surface area contributed by atoms with Gasteiger partial charge in [0.05, 0.1) is 39.9 Å². The number of aryl methyl sites for hydroxylation is 1.